The SMILES string of the molecule is CCC1CC(C)C[N+]2(CCN(C)CC2)C1. The molecule has 0 aromatic carbocycles. The van der Waals surface area contributed by atoms with Crippen molar-refractivity contribution in [2.75, 3.05) is 46.3 Å². The molecule has 0 N–H and O–H groups in total. The molecule has 2 aliphatic rings. The minimum absolute atomic E-state index is 0.951. The number of nitrogens with zero attached hydrogens (tertiary/aromatic N) is 2. The van der Waals surface area contributed by atoms with Crippen molar-refractivity contribution in [2.45, 2.75) is 26.7 Å². The van der Waals surface area contributed by atoms with Crippen molar-refractivity contribution < 1.29 is 4.48 Å². The van der Waals surface area contributed by atoms with E-state index in [1.165, 1.54) is 56.6 Å². The Hall–Kier alpha value is -0.0800. The van der Waals surface area contributed by atoms with Gasteiger partial charge in [-0.3, -0.25) is 4.90 Å². The molecule has 0 amide bonds. The van der Waals surface area contributed by atoms with Crippen LogP contribution in [0, 0.1) is 11.8 Å². The van der Waals surface area contributed by atoms with E-state index in [1.54, 1.807) is 0 Å². The van der Waals surface area contributed by atoms with E-state index in [2.05, 4.69) is 25.8 Å². The smallest absolute Gasteiger partial charge is 0.0916 e. The predicted molar refractivity (Wildman–Crippen MR) is 64.8 cm³/mol. The summed E-state index contributed by atoms with van der Waals surface area (Å²) in [7, 11) is 2.26. The maximum Gasteiger partial charge on any atom is 0.0916 e. The number of piperidine rings is 1. The minimum atomic E-state index is 0.951. The Morgan fingerprint density at radius 3 is 2.47 bits per heavy atom. The molecule has 0 radical (unpaired) electrons. The third-order valence-corrected chi connectivity index (χ3v) is 4.57. The first-order valence-electron chi connectivity index (χ1n) is 6.67. The zero-order valence-corrected chi connectivity index (χ0v) is 10.7. The molecule has 2 atom stereocenters. The van der Waals surface area contributed by atoms with Crippen LogP contribution in [0.5, 0.6) is 0 Å². The molecule has 1 spiro atoms. The summed E-state index contributed by atoms with van der Waals surface area (Å²) in [6, 6.07) is 0. The Labute approximate surface area is 94.8 Å². The van der Waals surface area contributed by atoms with Gasteiger partial charge in [0, 0.05) is 24.9 Å². The zero-order chi connectivity index (χ0) is 10.9. The van der Waals surface area contributed by atoms with Crippen molar-refractivity contribution >= 4 is 0 Å². The standard InChI is InChI=1S/C13H27N2/c1-4-13-9-12(2)10-15(11-13)7-5-14(3)6-8-15/h12-13H,4-11H2,1-3H3/q+1. The molecule has 0 aromatic heterocycles. The maximum absolute atomic E-state index is 2.49. The molecule has 2 aliphatic heterocycles. The molecule has 2 heteroatoms. The van der Waals surface area contributed by atoms with Gasteiger partial charge in [0.15, 0.2) is 0 Å². The van der Waals surface area contributed by atoms with E-state index in [4.69, 9.17) is 0 Å². The van der Waals surface area contributed by atoms with Gasteiger partial charge >= 0.3 is 0 Å². The third kappa shape index (κ3) is 2.54. The molecule has 0 aromatic rings. The van der Waals surface area contributed by atoms with Gasteiger partial charge < -0.3 is 4.48 Å². The maximum atomic E-state index is 2.49. The Balaban J connectivity index is 2.00. The highest BCUT2D eigenvalue weighted by molar-refractivity contribution is 4.72. The van der Waals surface area contributed by atoms with Crippen molar-refractivity contribution in [1.29, 1.82) is 0 Å². The second-order valence-electron chi connectivity index (χ2n) is 6.07. The van der Waals surface area contributed by atoms with Crippen molar-refractivity contribution in [1.82, 2.24) is 4.90 Å². The summed E-state index contributed by atoms with van der Waals surface area (Å²) in [5.74, 6) is 1.95. The largest absolute Gasteiger partial charge is 0.321 e. The molecule has 2 fully saturated rings. The summed E-state index contributed by atoms with van der Waals surface area (Å²) in [6.07, 6.45) is 2.87. The van der Waals surface area contributed by atoms with Crippen LogP contribution in [-0.4, -0.2) is 55.7 Å². The number of quaternary nitrogens is 1. The average Bonchev–Trinajstić information content (AvgIpc) is 2.22. The van der Waals surface area contributed by atoms with Crippen LogP contribution in [0.1, 0.15) is 26.7 Å². The van der Waals surface area contributed by atoms with E-state index in [0.29, 0.717) is 0 Å². The van der Waals surface area contributed by atoms with Crippen LogP contribution in [0.2, 0.25) is 0 Å². The van der Waals surface area contributed by atoms with Crippen LogP contribution >= 0.6 is 0 Å². The minimum Gasteiger partial charge on any atom is -0.321 e. The number of likely N-dealkylation sites (N-methyl/N-ethyl adjacent to an activating group) is 1. The lowest BCUT2D eigenvalue weighted by Crippen LogP contribution is -2.63. The predicted octanol–water partition coefficient (Wildman–Crippen LogP) is 1.81. The second kappa shape index (κ2) is 4.42. The molecule has 0 bridgehead atoms. The summed E-state index contributed by atoms with van der Waals surface area (Å²) < 4.78 is 1.43. The highest BCUT2D eigenvalue weighted by Crippen LogP contribution is 2.30. The summed E-state index contributed by atoms with van der Waals surface area (Å²) in [5.41, 5.74) is 0. The van der Waals surface area contributed by atoms with E-state index in [9.17, 15) is 0 Å². The zero-order valence-electron chi connectivity index (χ0n) is 10.7. The van der Waals surface area contributed by atoms with Crippen molar-refractivity contribution in [3.05, 3.63) is 0 Å². The highest BCUT2D eigenvalue weighted by Gasteiger charge is 2.39. The molecular weight excluding hydrogens is 184 g/mol. The monoisotopic (exact) mass is 211 g/mol. The normalized spacial score (nSPS) is 37.0. The van der Waals surface area contributed by atoms with Crippen molar-refractivity contribution in [2.24, 2.45) is 11.8 Å². The summed E-state index contributed by atoms with van der Waals surface area (Å²) in [4.78, 5) is 2.49. The van der Waals surface area contributed by atoms with Gasteiger partial charge in [0.1, 0.15) is 0 Å². The molecule has 2 nitrogen and oxygen atoms in total. The van der Waals surface area contributed by atoms with E-state index >= 15 is 0 Å². The van der Waals surface area contributed by atoms with Gasteiger partial charge in [-0.2, -0.15) is 0 Å². The van der Waals surface area contributed by atoms with Crippen LogP contribution in [0.15, 0.2) is 0 Å². The molecule has 2 rings (SSSR count). The van der Waals surface area contributed by atoms with Gasteiger partial charge in [0.05, 0.1) is 26.2 Å². The van der Waals surface area contributed by atoms with Crippen LogP contribution in [0.3, 0.4) is 0 Å². The fourth-order valence-corrected chi connectivity index (χ4v) is 3.65. The van der Waals surface area contributed by atoms with Gasteiger partial charge in [-0.25, -0.2) is 0 Å². The van der Waals surface area contributed by atoms with Gasteiger partial charge in [-0.1, -0.05) is 13.8 Å². The van der Waals surface area contributed by atoms with Crippen LogP contribution < -0.4 is 0 Å². The first kappa shape index (κ1) is 11.4. The van der Waals surface area contributed by atoms with Gasteiger partial charge in [-0.05, 0) is 19.9 Å². The van der Waals surface area contributed by atoms with Gasteiger partial charge in [0.25, 0.3) is 0 Å². The number of rotatable bonds is 1. The van der Waals surface area contributed by atoms with Crippen LogP contribution in [0.25, 0.3) is 0 Å². The molecule has 0 saturated carbocycles. The molecule has 0 aliphatic carbocycles. The Morgan fingerprint density at radius 2 is 1.87 bits per heavy atom. The lowest BCUT2D eigenvalue weighted by molar-refractivity contribution is -0.942. The molecule has 2 heterocycles. The molecular formula is C13H27N2+. The van der Waals surface area contributed by atoms with Gasteiger partial charge in [0.2, 0.25) is 0 Å². The van der Waals surface area contributed by atoms with E-state index in [1.807, 2.05) is 0 Å². The van der Waals surface area contributed by atoms with E-state index in [-0.39, 0.29) is 0 Å². The summed E-state index contributed by atoms with van der Waals surface area (Å²) >= 11 is 0. The molecule has 15 heavy (non-hydrogen) atoms. The molecule has 2 unspecified atom stereocenters. The Bertz CT molecular complexity index is 207. The fourth-order valence-electron chi connectivity index (χ4n) is 3.65. The first-order valence-corrected chi connectivity index (χ1v) is 6.67. The highest BCUT2D eigenvalue weighted by atomic mass is 15.4. The lowest BCUT2D eigenvalue weighted by atomic mass is 9.86. The Morgan fingerprint density at radius 1 is 1.20 bits per heavy atom. The molecule has 2 saturated heterocycles. The van der Waals surface area contributed by atoms with Crippen LogP contribution in [-0.2, 0) is 0 Å². The first-order chi connectivity index (χ1) is 7.13. The Kier molecular flexibility index (Phi) is 3.36. The summed E-state index contributed by atoms with van der Waals surface area (Å²) in [6.45, 7) is 13.2. The second-order valence-corrected chi connectivity index (χ2v) is 6.07. The number of hydrogen-bond acceptors (Lipinski definition) is 1. The topological polar surface area (TPSA) is 3.24 Å². The average molecular weight is 211 g/mol. The van der Waals surface area contributed by atoms with E-state index < -0.39 is 0 Å². The fraction of sp³-hybridized carbons (Fsp3) is 1.00. The summed E-state index contributed by atoms with van der Waals surface area (Å²) in [5, 5.41) is 0. The molecule has 88 valence electrons. The van der Waals surface area contributed by atoms with Crippen LogP contribution in [0.4, 0.5) is 0 Å². The van der Waals surface area contributed by atoms with Gasteiger partial charge in [-0.15, -0.1) is 0 Å². The number of piperazine rings is 1. The quantitative estimate of drug-likeness (QED) is 0.598. The van der Waals surface area contributed by atoms with Crippen molar-refractivity contribution in [3.63, 3.8) is 0 Å². The third-order valence-electron chi connectivity index (χ3n) is 4.57. The lowest BCUT2D eigenvalue weighted by Gasteiger charge is -2.50. The van der Waals surface area contributed by atoms with E-state index in [0.717, 1.165) is 11.8 Å². The van der Waals surface area contributed by atoms with Crippen molar-refractivity contribution in [3.8, 4) is 0 Å². The number of hydrogen-bond donors (Lipinski definition) is 0.